The van der Waals surface area contributed by atoms with Crippen molar-refractivity contribution in [3.63, 3.8) is 0 Å². The van der Waals surface area contributed by atoms with Crippen LogP contribution in [0.1, 0.15) is 16.1 Å². The van der Waals surface area contributed by atoms with Gasteiger partial charge in [-0.25, -0.2) is 9.97 Å². The Balaban J connectivity index is 2.31. The molecule has 2 heterocycles. The van der Waals surface area contributed by atoms with Crippen molar-refractivity contribution in [1.82, 2.24) is 9.97 Å². The number of aromatic hydroxyl groups is 1. The number of thiazole rings is 1. The highest BCUT2D eigenvalue weighted by Gasteiger charge is 2.48. The molecule has 1 aromatic carbocycles. The van der Waals surface area contributed by atoms with Crippen LogP contribution in [0.3, 0.4) is 0 Å². The lowest BCUT2D eigenvalue weighted by Crippen LogP contribution is -2.44. The van der Waals surface area contributed by atoms with Gasteiger partial charge in [0.05, 0.1) is 5.52 Å². The van der Waals surface area contributed by atoms with Crippen LogP contribution in [0.15, 0.2) is 35.8 Å². The Morgan fingerprint density at radius 2 is 1.78 bits per heavy atom. The monoisotopic (exact) mass is 407 g/mol. The van der Waals surface area contributed by atoms with Gasteiger partial charge in [0.25, 0.3) is 5.91 Å². The van der Waals surface area contributed by atoms with Crippen molar-refractivity contribution in [2.75, 3.05) is 4.90 Å². The maximum atomic E-state index is 13.4. The molecule has 27 heavy (non-hydrogen) atoms. The van der Waals surface area contributed by atoms with Crippen LogP contribution in [0.5, 0.6) is 5.75 Å². The van der Waals surface area contributed by atoms with Crippen LogP contribution in [-0.2, 0) is 6.18 Å². The van der Waals surface area contributed by atoms with Gasteiger partial charge < -0.3 is 5.11 Å². The Morgan fingerprint density at radius 3 is 2.33 bits per heavy atom. The number of hydrogen-bond donors (Lipinski definition) is 1. The number of carbonyl (C=O) groups excluding carboxylic acids is 1. The van der Waals surface area contributed by atoms with Crippen LogP contribution in [0.25, 0.3) is 10.9 Å². The maximum absolute atomic E-state index is 13.4. The van der Waals surface area contributed by atoms with Crippen LogP contribution in [0.2, 0.25) is 0 Å². The molecule has 3 aromatic rings. The minimum atomic E-state index is -5.38. The first-order valence-electron chi connectivity index (χ1n) is 7.01. The Morgan fingerprint density at radius 1 is 1.11 bits per heavy atom. The van der Waals surface area contributed by atoms with Crippen LogP contribution < -0.4 is 4.90 Å². The van der Waals surface area contributed by atoms with E-state index in [1.54, 1.807) is 0 Å². The topological polar surface area (TPSA) is 66.3 Å². The lowest BCUT2D eigenvalue weighted by atomic mass is 10.1. The minimum Gasteiger partial charge on any atom is -0.506 e. The average Bonchev–Trinajstić information content (AvgIpc) is 3.06. The third-order valence-electron chi connectivity index (χ3n) is 3.41. The number of alkyl halides is 6. The zero-order valence-electron chi connectivity index (χ0n) is 12.8. The molecular formula is C15H7F6N3O2S. The molecule has 0 aliphatic carbocycles. The molecule has 0 saturated carbocycles. The van der Waals surface area contributed by atoms with Crippen molar-refractivity contribution in [1.29, 1.82) is 0 Å². The molecule has 0 atom stereocenters. The van der Waals surface area contributed by atoms with E-state index in [2.05, 4.69) is 9.97 Å². The largest absolute Gasteiger partial charge is 0.506 e. The van der Waals surface area contributed by atoms with E-state index in [0.717, 1.165) is 23.7 Å². The van der Waals surface area contributed by atoms with E-state index in [9.17, 15) is 36.2 Å². The number of nitrogens with zero attached hydrogens (tertiary/aromatic N) is 3. The first kappa shape index (κ1) is 18.9. The van der Waals surface area contributed by atoms with Crippen molar-refractivity contribution in [3.8, 4) is 5.75 Å². The van der Waals surface area contributed by atoms with Gasteiger partial charge in [-0.2, -0.15) is 18.1 Å². The Hall–Kier alpha value is -2.89. The van der Waals surface area contributed by atoms with Crippen LogP contribution >= 0.6 is 11.3 Å². The Labute approximate surface area is 150 Å². The van der Waals surface area contributed by atoms with E-state index in [1.807, 2.05) is 0 Å². The summed E-state index contributed by atoms with van der Waals surface area (Å²) in [7, 11) is 0. The molecule has 3 rings (SSSR count). The van der Waals surface area contributed by atoms with Gasteiger partial charge in [-0.15, -0.1) is 24.5 Å². The molecule has 0 saturated heterocycles. The molecule has 0 unspecified atom stereocenters. The molecule has 12 heteroatoms. The van der Waals surface area contributed by atoms with Crippen LogP contribution in [0.4, 0.5) is 31.5 Å². The second kappa shape index (κ2) is 6.37. The molecule has 0 fully saturated rings. The third kappa shape index (κ3) is 3.39. The molecular weight excluding hydrogens is 400 g/mol. The van der Waals surface area contributed by atoms with E-state index in [4.69, 9.17) is 0 Å². The zero-order chi connectivity index (χ0) is 20.0. The first-order valence-corrected chi connectivity index (χ1v) is 7.89. The predicted octanol–water partition coefficient (Wildman–Crippen LogP) is 4.58. The van der Waals surface area contributed by atoms with Crippen molar-refractivity contribution in [2.24, 2.45) is 0 Å². The lowest BCUT2D eigenvalue weighted by molar-refractivity contribution is -0.142. The number of halogens is 6. The van der Waals surface area contributed by atoms with Gasteiger partial charge in [0, 0.05) is 17.0 Å². The third-order valence-corrected chi connectivity index (χ3v) is 4.17. The van der Waals surface area contributed by atoms with Crippen molar-refractivity contribution >= 4 is 33.3 Å². The number of benzene rings is 1. The van der Waals surface area contributed by atoms with Gasteiger partial charge in [0.15, 0.2) is 10.8 Å². The molecule has 0 aliphatic rings. The molecule has 1 amide bonds. The smallest absolute Gasteiger partial charge is 0.493 e. The molecule has 1 N–H and O–H groups in total. The summed E-state index contributed by atoms with van der Waals surface area (Å²) in [5, 5.41) is 10.1. The van der Waals surface area contributed by atoms with Gasteiger partial charge in [-0.1, -0.05) is 12.1 Å². The number of amides is 1. The lowest BCUT2D eigenvalue weighted by Gasteiger charge is -2.24. The standard InChI is InChI=1S/C15H7F6N3O2S/c16-14(17,18)11-9(10(25)7-3-1-2-4-8(7)23-11)12(26)24(15(19,20)21)13-22-5-6-27-13/h1-6H,(H,23,25). The number of carbonyl (C=O) groups is 1. The van der Waals surface area contributed by atoms with Crippen molar-refractivity contribution in [2.45, 2.75) is 12.5 Å². The molecule has 0 aliphatic heterocycles. The van der Waals surface area contributed by atoms with E-state index >= 15 is 0 Å². The molecule has 5 nitrogen and oxygen atoms in total. The molecule has 142 valence electrons. The number of aromatic nitrogens is 2. The Kier molecular flexibility index (Phi) is 4.46. The molecule has 0 radical (unpaired) electrons. The van der Waals surface area contributed by atoms with Gasteiger partial charge in [0.1, 0.15) is 11.3 Å². The van der Waals surface area contributed by atoms with Gasteiger partial charge >= 0.3 is 12.5 Å². The number of hydrogen-bond acceptors (Lipinski definition) is 5. The number of anilines is 1. The summed E-state index contributed by atoms with van der Waals surface area (Å²) in [4.78, 5) is 18.2. The van der Waals surface area contributed by atoms with E-state index in [0.29, 0.717) is 11.3 Å². The summed E-state index contributed by atoms with van der Waals surface area (Å²) in [6.45, 7) is 0. The molecule has 0 spiro atoms. The van der Waals surface area contributed by atoms with Crippen molar-refractivity contribution < 1.29 is 36.2 Å². The fourth-order valence-corrected chi connectivity index (χ4v) is 3.01. The first-order chi connectivity index (χ1) is 12.5. The highest BCUT2D eigenvalue weighted by Crippen LogP contribution is 2.41. The van der Waals surface area contributed by atoms with Gasteiger partial charge in [0.2, 0.25) is 0 Å². The molecule has 0 bridgehead atoms. The zero-order valence-corrected chi connectivity index (χ0v) is 13.7. The summed E-state index contributed by atoms with van der Waals surface area (Å²) in [6.07, 6.45) is -9.71. The number of rotatable bonds is 2. The minimum absolute atomic E-state index is 0.296. The van der Waals surface area contributed by atoms with Gasteiger partial charge in [-0.05, 0) is 12.1 Å². The maximum Gasteiger partial charge on any atom is 0.493 e. The van der Waals surface area contributed by atoms with Crippen LogP contribution in [-0.4, -0.2) is 27.3 Å². The number of para-hydroxylation sites is 1. The average molecular weight is 407 g/mol. The second-order valence-electron chi connectivity index (χ2n) is 5.12. The van der Waals surface area contributed by atoms with E-state index in [-0.39, 0.29) is 10.9 Å². The summed E-state index contributed by atoms with van der Waals surface area (Å²) in [6, 6.07) is 4.92. The fraction of sp³-hybridized carbons (Fsp3) is 0.133. The van der Waals surface area contributed by atoms with Gasteiger partial charge in [-0.3, -0.25) is 4.79 Å². The summed E-state index contributed by atoms with van der Waals surface area (Å²) < 4.78 is 80.3. The summed E-state index contributed by atoms with van der Waals surface area (Å²) >= 11 is 0.394. The second-order valence-corrected chi connectivity index (χ2v) is 6.00. The predicted molar refractivity (Wildman–Crippen MR) is 83.4 cm³/mol. The Bertz CT molecular complexity index is 1000. The van der Waals surface area contributed by atoms with E-state index in [1.165, 1.54) is 12.1 Å². The fourth-order valence-electron chi connectivity index (χ4n) is 2.35. The summed E-state index contributed by atoms with van der Waals surface area (Å²) in [5.41, 5.74) is -3.85. The highest BCUT2D eigenvalue weighted by atomic mass is 32.1. The van der Waals surface area contributed by atoms with Crippen LogP contribution in [0, 0.1) is 0 Å². The van der Waals surface area contributed by atoms with E-state index < -0.39 is 45.4 Å². The number of fused-ring (bicyclic) bond motifs is 1. The SMILES string of the molecule is O=C(c1c(C(F)(F)F)nc2ccccc2c1O)N(c1nccs1)C(F)(F)F. The number of pyridine rings is 1. The molecule has 2 aromatic heterocycles. The normalized spacial score (nSPS) is 12.4. The quantitative estimate of drug-likeness (QED) is 0.499. The van der Waals surface area contributed by atoms with Crippen molar-refractivity contribution in [3.05, 3.63) is 47.1 Å². The highest BCUT2D eigenvalue weighted by molar-refractivity contribution is 7.13. The summed E-state index contributed by atoms with van der Waals surface area (Å²) in [5.74, 6) is -3.38.